The summed E-state index contributed by atoms with van der Waals surface area (Å²) < 4.78 is 45.8. The monoisotopic (exact) mass is 605 g/mol. The van der Waals surface area contributed by atoms with Gasteiger partial charge in [0.15, 0.2) is 11.5 Å². The Bertz CT molecular complexity index is 1610. The molecule has 5 rings (SSSR count). The summed E-state index contributed by atoms with van der Waals surface area (Å²) in [5, 5.41) is 7.63. The molecule has 202 valence electrons. The molecule has 0 aliphatic carbocycles. The molecule has 13 heteroatoms. The molecule has 0 spiro atoms. The van der Waals surface area contributed by atoms with Gasteiger partial charge in [-0.3, -0.25) is 0 Å². The topological polar surface area (TPSA) is 115 Å². The van der Waals surface area contributed by atoms with E-state index >= 15 is 0 Å². The zero-order chi connectivity index (χ0) is 27.4. The molecule has 0 atom stereocenters. The average Bonchev–Trinajstić information content (AvgIpc) is 3.56. The quantitative estimate of drug-likeness (QED) is 0.192. The van der Waals surface area contributed by atoms with Crippen LogP contribution in [-0.2, 0) is 10.0 Å². The van der Waals surface area contributed by atoms with Gasteiger partial charge in [-0.25, -0.2) is 17.9 Å². The molecule has 0 fully saturated rings. The fourth-order valence-electron chi connectivity index (χ4n) is 3.78. The van der Waals surface area contributed by atoms with Crippen LogP contribution in [0.25, 0.3) is 11.1 Å². The molecular weight excluding hydrogens is 585 g/mol. The van der Waals surface area contributed by atoms with Crippen LogP contribution >= 0.6 is 34.5 Å². The highest BCUT2D eigenvalue weighted by molar-refractivity contribution is 7.91. The Hall–Kier alpha value is -3.48. The van der Waals surface area contributed by atoms with Gasteiger partial charge in [0.2, 0.25) is 6.79 Å². The number of benzene rings is 3. The van der Waals surface area contributed by atoms with E-state index in [1.165, 1.54) is 0 Å². The van der Waals surface area contributed by atoms with Gasteiger partial charge >= 0.3 is 6.03 Å². The first kappa shape index (κ1) is 27.1. The first-order valence-corrected chi connectivity index (χ1v) is 14.7. The highest BCUT2D eigenvalue weighted by Crippen LogP contribution is 2.41. The Morgan fingerprint density at radius 3 is 2.51 bits per heavy atom. The number of halogens is 2. The van der Waals surface area contributed by atoms with Crippen molar-refractivity contribution in [2.24, 2.45) is 0 Å². The summed E-state index contributed by atoms with van der Waals surface area (Å²) in [5.74, 6) is 2.21. The first-order chi connectivity index (χ1) is 18.8. The lowest BCUT2D eigenvalue weighted by molar-refractivity contribution is 0.174. The maximum atomic E-state index is 13.2. The van der Waals surface area contributed by atoms with E-state index in [0.29, 0.717) is 49.9 Å². The standard InChI is InChI=1S/C26H21Cl2N3O6S2/c27-16-11-17(28)13-18(12-16)31-26(32)29-8-9-30-39(33,34)25-21(7-10-38-25)20-3-1-2-4-22(20)37-19-5-6-23-24(14-19)36-15-35-23/h1-7,10-14,30H,8-9,15H2,(H2,29,31,32). The molecule has 0 saturated carbocycles. The van der Waals surface area contributed by atoms with Gasteiger partial charge in [-0.2, -0.15) is 0 Å². The Morgan fingerprint density at radius 2 is 1.69 bits per heavy atom. The number of anilines is 1. The molecule has 1 aliphatic heterocycles. The number of para-hydroxylation sites is 1. The molecule has 4 aromatic rings. The normalized spacial score (nSPS) is 12.3. The van der Waals surface area contributed by atoms with Crippen LogP contribution in [0.15, 0.2) is 76.3 Å². The minimum absolute atomic E-state index is 0.0290. The van der Waals surface area contributed by atoms with Crippen molar-refractivity contribution in [2.45, 2.75) is 4.21 Å². The minimum atomic E-state index is -3.89. The van der Waals surface area contributed by atoms with Crippen molar-refractivity contribution < 1.29 is 27.4 Å². The lowest BCUT2D eigenvalue weighted by Gasteiger charge is -2.13. The van der Waals surface area contributed by atoms with Gasteiger partial charge in [0.1, 0.15) is 15.7 Å². The molecule has 2 amide bonds. The van der Waals surface area contributed by atoms with Crippen molar-refractivity contribution in [3.8, 4) is 34.1 Å². The van der Waals surface area contributed by atoms with Gasteiger partial charge in [0.05, 0.1) is 0 Å². The number of ether oxygens (including phenoxy) is 3. The van der Waals surface area contributed by atoms with E-state index in [2.05, 4.69) is 15.4 Å². The van der Waals surface area contributed by atoms with E-state index in [0.717, 1.165) is 11.3 Å². The predicted octanol–water partition coefficient (Wildman–Crippen LogP) is 6.34. The molecule has 0 bridgehead atoms. The van der Waals surface area contributed by atoms with Crippen LogP contribution in [0.3, 0.4) is 0 Å². The van der Waals surface area contributed by atoms with Crippen LogP contribution < -0.4 is 29.6 Å². The molecule has 0 unspecified atom stereocenters. The number of carbonyl (C=O) groups is 1. The first-order valence-electron chi connectivity index (χ1n) is 11.5. The summed E-state index contributed by atoms with van der Waals surface area (Å²) >= 11 is 13.0. The third-order valence-corrected chi connectivity index (χ3v) is 8.83. The second-order valence-corrected chi connectivity index (χ2v) is 11.9. The number of sulfonamides is 1. The number of rotatable bonds is 9. The summed E-state index contributed by atoms with van der Waals surface area (Å²) in [5.41, 5.74) is 1.51. The molecule has 0 saturated heterocycles. The van der Waals surface area contributed by atoms with E-state index in [1.807, 2.05) is 0 Å². The van der Waals surface area contributed by atoms with Crippen molar-refractivity contribution >= 4 is 56.3 Å². The van der Waals surface area contributed by atoms with Crippen LogP contribution in [0, 0.1) is 0 Å². The molecular formula is C26H21Cl2N3O6S2. The van der Waals surface area contributed by atoms with Gasteiger partial charge in [-0.05, 0) is 47.8 Å². The van der Waals surface area contributed by atoms with Crippen LogP contribution in [0.4, 0.5) is 10.5 Å². The second kappa shape index (κ2) is 11.7. The van der Waals surface area contributed by atoms with Crippen molar-refractivity contribution in [3.63, 3.8) is 0 Å². The summed E-state index contributed by atoms with van der Waals surface area (Å²) in [7, 11) is -3.89. The van der Waals surface area contributed by atoms with E-state index in [9.17, 15) is 13.2 Å². The lowest BCUT2D eigenvalue weighted by atomic mass is 10.1. The lowest BCUT2D eigenvalue weighted by Crippen LogP contribution is -2.36. The smallest absolute Gasteiger partial charge is 0.319 e. The number of fused-ring (bicyclic) bond motifs is 1. The molecule has 3 aromatic carbocycles. The molecule has 3 N–H and O–H groups in total. The van der Waals surface area contributed by atoms with E-state index in [4.69, 9.17) is 37.4 Å². The summed E-state index contributed by atoms with van der Waals surface area (Å²) in [6.45, 7) is 0.165. The predicted molar refractivity (Wildman–Crippen MR) is 151 cm³/mol. The Kier molecular flexibility index (Phi) is 8.15. The van der Waals surface area contributed by atoms with Gasteiger partial charge in [-0.1, -0.05) is 41.4 Å². The van der Waals surface area contributed by atoms with E-state index in [1.54, 1.807) is 72.1 Å². The molecule has 0 radical (unpaired) electrons. The van der Waals surface area contributed by atoms with E-state index < -0.39 is 16.1 Å². The fourth-order valence-corrected chi connectivity index (χ4v) is 6.76. The fraction of sp³-hybridized carbons (Fsp3) is 0.115. The SMILES string of the molecule is O=C(NCCNS(=O)(=O)c1sccc1-c1ccccc1Oc1ccc2c(c1)OCO2)Nc1cc(Cl)cc(Cl)c1. The number of amides is 2. The number of nitrogens with one attached hydrogen (secondary N) is 3. The number of urea groups is 1. The maximum absolute atomic E-state index is 13.2. The van der Waals surface area contributed by atoms with Crippen molar-refractivity contribution in [3.05, 3.63) is 82.2 Å². The Morgan fingerprint density at radius 1 is 0.923 bits per heavy atom. The van der Waals surface area contributed by atoms with Gasteiger partial charge in [0, 0.05) is 46.0 Å². The third kappa shape index (κ3) is 6.57. The number of carbonyl (C=O) groups excluding carboxylic acids is 1. The highest BCUT2D eigenvalue weighted by atomic mass is 35.5. The maximum Gasteiger partial charge on any atom is 0.319 e. The van der Waals surface area contributed by atoms with Crippen molar-refractivity contribution in [1.82, 2.24) is 10.0 Å². The Balaban J connectivity index is 1.24. The van der Waals surface area contributed by atoms with Crippen molar-refractivity contribution in [2.75, 3.05) is 25.2 Å². The summed E-state index contributed by atoms with van der Waals surface area (Å²) in [6.07, 6.45) is 0. The minimum Gasteiger partial charge on any atom is -0.457 e. The zero-order valence-electron chi connectivity index (χ0n) is 20.1. The van der Waals surface area contributed by atoms with Crippen LogP contribution in [0.2, 0.25) is 10.0 Å². The molecule has 1 aliphatic rings. The second-order valence-electron chi connectivity index (χ2n) is 8.17. The highest BCUT2D eigenvalue weighted by Gasteiger charge is 2.23. The van der Waals surface area contributed by atoms with E-state index in [-0.39, 0.29) is 24.1 Å². The van der Waals surface area contributed by atoms with Gasteiger partial charge < -0.3 is 24.8 Å². The average molecular weight is 607 g/mol. The van der Waals surface area contributed by atoms with Crippen LogP contribution in [0.5, 0.6) is 23.0 Å². The number of hydrogen-bond acceptors (Lipinski definition) is 7. The molecule has 2 heterocycles. The van der Waals surface area contributed by atoms with Gasteiger partial charge in [0.25, 0.3) is 10.0 Å². The van der Waals surface area contributed by atoms with Gasteiger partial charge in [-0.15, -0.1) is 11.3 Å². The van der Waals surface area contributed by atoms with Crippen molar-refractivity contribution in [1.29, 1.82) is 0 Å². The number of hydrogen-bond donors (Lipinski definition) is 3. The molecule has 39 heavy (non-hydrogen) atoms. The van der Waals surface area contributed by atoms with Crippen LogP contribution in [0.1, 0.15) is 0 Å². The zero-order valence-corrected chi connectivity index (χ0v) is 23.2. The Labute approximate surface area is 238 Å². The molecule has 9 nitrogen and oxygen atoms in total. The molecule has 1 aromatic heterocycles. The van der Waals surface area contributed by atoms with Crippen LogP contribution in [-0.4, -0.2) is 34.3 Å². The largest absolute Gasteiger partial charge is 0.457 e. The number of thiophene rings is 1. The summed E-state index contributed by atoms with van der Waals surface area (Å²) in [4.78, 5) is 12.2. The summed E-state index contributed by atoms with van der Waals surface area (Å²) in [6, 6.07) is 18.2. The third-order valence-electron chi connectivity index (χ3n) is 5.45.